The van der Waals surface area contributed by atoms with Crippen molar-refractivity contribution in [2.75, 3.05) is 33.4 Å². The molecule has 0 aromatic heterocycles. The second-order valence-electron chi connectivity index (χ2n) is 4.72. The highest BCUT2D eigenvalue weighted by Crippen LogP contribution is 2.20. The Morgan fingerprint density at radius 2 is 2.00 bits per heavy atom. The van der Waals surface area contributed by atoms with E-state index in [4.69, 9.17) is 4.74 Å². The first-order chi connectivity index (χ1) is 6.04. The largest absolute Gasteiger partial charge is 0.383 e. The van der Waals surface area contributed by atoms with Crippen molar-refractivity contribution in [3.8, 4) is 0 Å². The molecule has 1 aliphatic heterocycles. The number of hydrogen-bond acceptors (Lipinski definition) is 3. The Balaban J connectivity index is 2.05. The van der Waals surface area contributed by atoms with Gasteiger partial charge in [-0.2, -0.15) is 0 Å². The molecule has 0 radical (unpaired) electrons. The smallest absolute Gasteiger partial charge is 0.0587 e. The number of rotatable bonds is 4. The first-order valence-corrected chi connectivity index (χ1v) is 5.01. The highest BCUT2D eigenvalue weighted by Gasteiger charge is 2.33. The molecule has 1 heterocycles. The summed E-state index contributed by atoms with van der Waals surface area (Å²) in [5, 5.41) is 3.46. The molecule has 1 N–H and O–H groups in total. The van der Waals surface area contributed by atoms with Crippen molar-refractivity contribution in [2.24, 2.45) is 0 Å². The minimum Gasteiger partial charge on any atom is -0.383 e. The van der Waals surface area contributed by atoms with Gasteiger partial charge in [-0.05, 0) is 20.8 Å². The molecule has 0 atom stereocenters. The molecule has 3 heteroatoms. The summed E-state index contributed by atoms with van der Waals surface area (Å²) in [5.41, 5.74) is 0.333. The maximum atomic E-state index is 4.98. The summed E-state index contributed by atoms with van der Waals surface area (Å²) in [6.07, 6.45) is 0. The van der Waals surface area contributed by atoms with Gasteiger partial charge in [0.2, 0.25) is 0 Å². The average molecular weight is 186 g/mol. The Hall–Kier alpha value is -0.120. The van der Waals surface area contributed by atoms with Crippen LogP contribution in [-0.4, -0.2) is 49.8 Å². The first kappa shape index (κ1) is 11.0. The highest BCUT2D eigenvalue weighted by molar-refractivity contribution is 4.92. The zero-order chi connectivity index (χ0) is 9.90. The van der Waals surface area contributed by atoms with E-state index in [9.17, 15) is 0 Å². The number of hydrogen-bond donors (Lipinski definition) is 1. The van der Waals surface area contributed by atoms with Gasteiger partial charge < -0.3 is 10.1 Å². The summed E-state index contributed by atoms with van der Waals surface area (Å²) in [4.78, 5) is 2.48. The zero-order valence-corrected chi connectivity index (χ0v) is 9.26. The van der Waals surface area contributed by atoms with E-state index in [0.717, 1.165) is 13.2 Å². The van der Waals surface area contributed by atoms with E-state index in [0.29, 0.717) is 11.6 Å². The molecule has 1 saturated heterocycles. The van der Waals surface area contributed by atoms with Crippen molar-refractivity contribution in [3.63, 3.8) is 0 Å². The lowest BCUT2D eigenvalue weighted by Gasteiger charge is -2.48. The standard InChI is InChI=1S/C10H22N2O/c1-10(2,3)12-7-9(8-12)11-5-6-13-4/h9,11H,5-8H2,1-4H3. The molecule has 1 aliphatic rings. The lowest BCUT2D eigenvalue weighted by atomic mass is 9.98. The van der Waals surface area contributed by atoms with Crippen LogP contribution < -0.4 is 5.32 Å². The van der Waals surface area contributed by atoms with Crippen LogP contribution in [0, 0.1) is 0 Å². The van der Waals surface area contributed by atoms with Crippen molar-refractivity contribution in [1.29, 1.82) is 0 Å². The van der Waals surface area contributed by atoms with E-state index in [1.807, 2.05) is 0 Å². The molecule has 0 bridgehead atoms. The summed E-state index contributed by atoms with van der Waals surface area (Å²) < 4.78 is 4.98. The fourth-order valence-electron chi connectivity index (χ4n) is 1.52. The van der Waals surface area contributed by atoms with Crippen LogP contribution in [0.4, 0.5) is 0 Å². The summed E-state index contributed by atoms with van der Waals surface area (Å²) >= 11 is 0. The average Bonchev–Trinajstić information content (AvgIpc) is 1.91. The summed E-state index contributed by atoms with van der Waals surface area (Å²) in [5.74, 6) is 0. The topological polar surface area (TPSA) is 24.5 Å². The van der Waals surface area contributed by atoms with E-state index < -0.39 is 0 Å². The lowest BCUT2D eigenvalue weighted by Crippen LogP contribution is -2.63. The van der Waals surface area contributed by atoms with Crippen molar-refractivity contribution in [3.05, 3.63) is 0 Å². The van der Waals surface area contributed by atoms with Crippen molar-refractivity contribution in [1.82, 2.24) is 10.2 Å². The van der Waals surface area contributed by atoms with Gasteiger partial charge in [-0.1, -0.05) is 0 Å². The van der Waals surface area contributed by atoms with Crippen molar-refractivity contribution in [2.45, 2.75) is 32.4 Å². The van der Waals surface area contributed by atoms with Gasteiger partial charge in [0.1, 0.15) is 0 Å². The monoisotopic (exact) mass is 186 g/mol. The second-order valence-corrected chi connectivity index (χ2v) is 4.72. The highest BCUT2D eigenvalue weighted by atomic mass is 16.5. The van der Waals surface area contributed by atoms with Crippen LogP contribution in [-0.2, 0) is 4.74 Å². The molecule has 3 nitrogen and oxygen atoms in total. The molecular formula is C10H22N2O. The number of methoxy groups -OCH3 is 1. The first-order valence-electron chi connectivity index (χ1n) is 5.01. The van der Waals surface area contributed by atoms with Gasteiger partial charge >= 0.3 is 0 Å². The third-order valence-electron chi connectivity index (χ3n) is 2.57. The summed E-state index contributed by atoms with van der Waals surface area (Å²) in [6, 6.07) is 0.675. The fourth-order valence-corrected chi connectivity index (χ4v) is 1.52. The number of nitrogens with one attached hydrogen (secondary N) is 1. The number of likely N-dealkylation sites (tertiary alicyclic amines) is 1. The van der Waals surface area contributed by atoms with Crippen LogP contribution in [0.5, 0.6) is 0 Å². The number of nitrogens with zero attached hydrogens (tertiary/aromatic N) is 1. The van der Waals surface area contributed by atoms with E-state index in [1.54, 1.807) is 7.11 Å². The molecule has 1 fully saturated rings. The van der Waals surface area contributed by atoms with Crippen LogP contribution in [0.1, 0.15) is 20.8 Å². The maximum Gasteiger partial charge on any atom is 0.0587 e. The molecule has 0 aliphatic carbocycles. The van der Waals surface area contributed by atoms with Crippen LogP contribution >= 0.6 is 0 Å². The normalized spacial score (nSPS) is 20.3. The van der Waals surface area contributed by atoms with E-state index in [2.05, 4.69) is 31.0 Å². The molecule has 0 aromatic rings. The van der Waals surface area contributed by atoms with Gasteiger partial charge in [0.15, 0.2) is 0 Å². The van der Waals surface area contributed by atoms with Gasteiger partial charge in [0, 0.05) is 38.3 Å². The fraction of sp³-hybridized carbons (Fsp3) is 1.00. The Labute approximate surface area is 81.4 Å². The molecule has 0 aromatic carbocycles. The minimum atomic E-state index is 0.333. The van der Waals surface area contributed by atoms with Crippen LogP contribution in [0.2, 0.25) is 0 Å². The van der Waals surface area contributed by atoms with E-state index >= 15 is 0 Å². The molecule has 13 heavy (non-hydrogen) atoms. The minimum absolute atomic E-state index is 0.333. The predicted octanol–water partition coefficient (Wildman–Crippen LogP) is 0.705. The Morgan fingerprint density at radius 1 is 1.38 bits per heavy atom. The maximum absolute atomic E-state index is 4.98. The molecule has 1 rings (SSSR count). The Morgan fingerprint density at radius 3 is 2.46 bits per heavy atom. The van der Waals surface area contributed by atoms with Gasteiger partial charge in [-0.25, -0.2) is 0 Å². The van der Waals surface area contributed by atoms with Gasteiger partial charge in [-0.15, -0.1) is 0 Å². The Bertz CT molecular complexity index is 147. The molecular weight excluding hydrogens is 164 g/mol. The van der Waals surface area contributed by atoms with Gasteiger partial charge in [-0.3, -0.25) is 4.90 Å². The summed E-state index contributed by atoms with van der Waals surface area (Å²) in [6.45, 7) is 10.9. The van der Waals surface area contributed by atoms with Gasteiger partial charge in [0.05, 0.1) is 6.61 Å². The van der Waals surface area contributed by atoms with E-state index in [-0.39, 0.29) is 0 Å². The molecule has 78 valence electrons. The predicted molar refractivity (Wildman–Crippen MR) is 55.0 cm³/mol. The third-order valence-corrected chi connectivity index (χ3v) is 2.57. The molecule has 0 spiro atoms. The van der Waals surface area contributed by atoms with Crippen molar-refractivity contribution < 1.29 is 4.74 Å². The quantitative estimate of drug-likeness (QED) is 0.654. The molecule has 0 amide bonds. The van der Waals surface area contributed by atoms with Crippen LogP contribution in [0.15, 0.2) is 0 Å². The molecule has 0 unspecified atom stereocenters. The van der Waals surface area contributed by atoms with Gasteiger partial charge in [0.25, 0.3) is 0 Å². The second kappa shape index (κ2) is 4.40. The Kier molecular flexibility index (Phi) is 3.71. The van der Waals surface area contributed by atoms with Crippen LogP contribution in [0.25, 0.3) is 0 Å². The van der Waals surface area contributed by atoms with Crippen LogP contribution in [0.3, 0.4) is 0 Å². The SMILES string of the molecule is COCCNC1CN(C(C)(C)C)C1. The van der Waals surface area contributed by atoms with Crippen molar-refractivity contribution >= 4 is 0 Å². The van der Waals surface area contributed by atoms with E-state index in [1.165, 1.54) is 13.1 Å². The number of ether oxygens (including phenoxy) is 1. The molecule has 0 saturated carbocycles. The zero-order valence-electron chi connectivity index (χ0n) is 9.26. The summed E-state index contributed by atoms with van der Waals surface area (Å²) in [7, 11) is 1.74. The lowest BCUT2D eigenvalue weighted by molar-refractivity contribution is 0.0325. The third kappa shape index (κ3) is 3.25.